The number of aromatic nitrogens is 1. The van der Waals surface area contributed by atoms with Gasteiger partial charge in [0.15, 0.2) is 11.4 Å². The molecule has 2 amide bonds. The maximum atomic E-state index is 13.8. The van der Waals surface area contributed by atoms with Crippen LogP contribution in [0.15, 0.2) is 23.1 Å². The number of aromatic hydroxyl groups is 1. The molecule has 178 valence electrons. The topological polar surface area (TPSA) is 104 Å². The van der Waals surface area contributed by atoms with Crippen LogP contribution in [0, 0.1) is 17.5 Å². The first kappa shape index (κ1) is 24.1. The second-order valence-electron chi connectivity index (χ2n) is 7.91. The molecule has 1 aliphatic heterocycles. The third kappa shape index (κ3) is 4.96. The molecular weight excluding hydrogens is 441 g/mol. The summed E-state index contributed by atoms with van der Waals surface area (Å²) in [4.78, 5) is 39.5. The molecular formula is C22H25F3N4O4. The highest BCUT2D eigenvalue weighted by molar-refractivity contribution is 5.99. The van der Waals surface area contributed by atoms with Crippen LogP contribution in [0.25, 0.3) is 0 Å². The third-order valence-electron chi connectivity index (χ3n) is 5.59. The summed E-state index contributed by atoms with van der Waals surface area (Å²) in [6, 6.07) is 0.798. The molecule has 1 atom stereocenters. The van der Waals surface area contributed by atoms with Gasteiger partial charge in [-0.05, 0) is 13.3 Å². The Morgan fingerprint density at radius 2 is 1.88 bits per heavy atom. The number of nitrogens with one attached hydrogen (secondary N) is 2. The Morgan fingerprint density at radius 3 is 2.52 bits per heavy atom. The zero-order valence-corrected chi connectivity index (χ0v) is 18.3. The van der Waals surface area contributed by atoms with E-state index in [0.717, 1.165) is 36.6 Å². The van der Waals surface area contributed by atoms with Gasteiger partial charge in [-0.3, -0.25) is 19.1 Å². The van der Waals surface area contributed by atoms with Gasteiger partial charge in [-0.25, -0.2) is 13.2 Å². The van der Waals surface area contributed by atoms with E-state index < -0.39 is 58.1 Å². The first-order valence-corrected chi connectivity index (χ1v) is 10.6. The van der Waals surface area contributed by atoms with Gasteiger partial charge < -0.3 is 20.7 Å². The average Bonchev–Trinajstić information content (AvgIpc) is 2.75. The fourth-order valence-electron chi connectivity index (χ4n) is 3.66. The van der Waals surface area contributed by atoms with Crippen LogP contribution in [0.5, 0.6) is 5.75 Å². The third-order valence-corrected chi connectivity index (χ3v) is 5.59. The van der Waals surface area contributed by atoms with Gasteiger partial charge in [0.1, 0.15) is 29.7 Å². The summed E-state index contributed by atoms with van der Waals surface area (Å²) in [7, 11) is 0. The molecule has 3 N–H and O–H groups in total. The Bertz CT molecular complexity index is 1110. The Balaban J connectivity index is 1.81. The van der Waals surface area contributed by atoms with Crippen molar-refractivity contribution in [1.29, 1.82) is 0 Å². The number of carbonyl (C=O) groups excluding carboxylic acids is 2. The molecule has 0 saturated carbocycles. The summed E-state index contributed by atoms with van der Waals surface area (Å²) >= 11 is 0. The van der Waals surface area contributed by atoms with Gasteiger partial charge in [-0.2, -0.15) is 0 Å². The summed E-state index contributed by atoms with van der Waals surface area (Å²) in [6.07, 6.45) is 4.77. The molecule has 8 nitrogen and oxygen atoms in total. The van der Waals surface area contributed by atoms with Gasteiger partial charge in [0, 0.05) is 36.5 Å². The molecule has 0 fully saturated rings. The van der Waals surface area contributed by atoms with Crippen molar-refractivity contribution in [2.45, 2.75) is 52.1 Å². The molecule has 0 aliphatic carbocycles. The number of carbonyl (C=O) groups is 2. The van der Waals surface area contributed by atoms with Crippen molar-refractivity contribution >= 4 is 11.8 Å². The number of rotatable bonds is 8. The SMILES string of the molecule is CCCCC[C@H](C)N1CNn2cc(C(=O)NCc3c(F)cc(F)cc3F)c(=O)c(O)c2C1=O. The van der Waals surface area contributed by atoms with Crippen molar-refractivity contribution < 1.29 is 27.9 Å². The van der Waals surface area contributed by atoms with Crippen LogP contribution in [0.2, 0.25) is 0 Å². The Morgan fingerprint density at radius 1 is 1.21 bits per heavy atom. The molecule has 0 spiro atoms. The number of unbranched alkanes of at least 4 members (excludes halogenated alkanes) is 2. The monoisotopic (exact) mass is 466 g/mol. The summed E-state index contributed by atoms with van der Waals surface area (Å²) in [5.41, 5.74) is 0.322. The van der Waals surface area contributed by atoms with Crippen LogP contribution >= 0.6 is 0 Å². The normalized spacial score (nSPS) is 14.0. The smallest absolute Gasteiger partial charge is 0.278 e. The highest BCUT2D eigenvalue weighted by atomic mass is 19.1. The maximum absolute atomic E-state index is 13.8. The molecule has 2 aromatic rings. The zero-order chi connectivity index (χ0) is 24.3. The molecule has 0 bridgehead atoms. The van der Waals surface area contributed by atoms with Crippen LogP contribution in [0.4, 0.5) is 13.2 Å². The van der Waals surface area contributed by atoms with Gasteiger partial charge in [0.2, 0.25) is 5.43 Å². The number of benzene rings is 1. The summed E-state index contributed by atoms with van der Waals surface area (Å²) < 4.78 is 41.7. The second-order valence-corrected chi connectivity index (χ2v) is 7.91. The number of nitrogens with zero attached hydrogens (tertiary/aromatic N) is 2. The van der Waals surface area contributed by atoms with Crippen LogP contribution in [-0.2, 0) is 6.54 Å². The predicted octanol–water partition coefficient (Wildman–Crippen LogP) is 2.83. The second kappa shape index (κ2) is 9.97. The van der Waals surface area contributed by atoms with E-state index in [9.17, 15) is 32.7 Å². The van der Waals surface area contributed by atoms with Crippen LogP contribution < -0.4 is 16.2 Å². The number of halogens is 3. The van der Waals surface area contributed by atoms with Gasteiger partial charge in [-0.15, -0.1) is 0 Å². The van der Waals surface area contributed by atoms with Crippen molar-refractivity contribution in [2.24, 2.45) is 0 Å². The lowest BCUT2D eigenvalue weighted by atomic mass is 10.1. The van der Waals surface area contributed by atoms with E-state index in [2.05, 4.69) is 17.7 Å². The molecule has 0 saturated heterocycles. The van der Waals surface area contributed by atoms with E-state index in [1.54, 1.807) is 0 Å². The standard InChI is InChI=1S/C22H25F3N4O4/c1-3-4-5-6-12(2)28-11-27-29-10-15(19(30)20(31)18(29)22(28)33)21(32)26-9-14-16(24)7-13(23)8-17(14)25/h7-8,10,12,27,31H,3-6,9,11H2,1-2H3,(H,26,32)/t12-/m0/s1. The lowest BCUT2D eigenvalue weighted by Gasteiger charge is -2.35. The average molecular weight is 466 g/mol. The molecule has 0 unspecified atom stereocenters. The van der Waals surface area contributed by atoms with Crippen LogP contribution in [0.3, 0.4) is 0 Å². The molecule has 0 radical (unpaired) electrons. The van der Waals surface area contributed by atoms with Crippen molar-refractivity contribution in [3.8, 4) is 5.75 Å². The Kier molecular flexibility index (Phi) is 7.29. The summed E-state index contributed by atoms with van der Waals surface area (Å²) in [5.74, 6) is -6.00. The van der Waals surface area contributed by atoms with Gasteiger partial charge >= 0.3 is 0 Å². The fraction of sp³-hybridized carbons (Fsp3) is 0.409. The predicted molar refractivity (Wildman–Crippen MR) is 114 cm³/mol. The van der Waals surface area contributed by atoms with E-state index in [4.69, 9.17) is 0 Å². The minimum absolute atomic E-state index is 0.0918. The molecule has 11 heteroatoms. The van der Waals surface area contributed by atoms with E-state index in [1.165, 1.54) is 4.90 Å². The summed E-state index contributed by atoms with van der Waals surface area (Å²) in [6.45, 7) is 3.37. The molecule has 1 aromatic heterocycles. The fourth-order valence-corrected chi connectivity index (χ4v) is 3.66. The van der Waals surface area contributed by atoms with Crippen LogP contribution in [-0.4, -0.2) is 39.2 Å². The van der Waals surface area contributed by atoms with E-state index in [0.29, 0.717) is 12.1 Å². The van der Waals surface area contributed by atoms with Crippen LogP contribution in [0.1, 0.15) is 65.9 Å². The zero-order valence-electron chi connectivity index (χ0n) is 18.3. The van der Waals surface area contributed by atoms with Gasteiger partial charge in [-0.1, -0.05) is 26.2 Å². The molecule has 3 rings (SSSR count). The minimum atomic E-state index is -1.20. The lowest BCUT2D eigenvalue weighted by Crippen LogP contribution is -2.50. The lowest BCUT2D eigenvalue weighted by molar-refractivity contribution is 0.0645. The quantitative estimate of drug-likeness (QED) is 0.519. The first-order chi connectivity index (χ1) is 15.6. The summed E-state index contributed by atoms with van der Waals surface area (Å²) in [5, 5.41) is 12.6. The molecule has 2 heterocycles. The van der Waals surface area contributed by atoms with Gasteiger partial charge in [0.05, 0.1) is 0 Å². The van der Waals surface area contributed by atoms with E-state index in [-0.39, 0.29) is 18.4 Å². The number of hydrogen-bond donors (Lipinski definition) is 3. The van der Waals surface area contributed by atoms with Crippen molar-refractivity contribution in [2.75, 3.05) is 12.1 Å². The maximum Gasteiger partial charge on any atom is 0.278 e. The molecule has 33 heavy (non-hydrogen) atoms. The number of fused-ring (bicyclic) bond motifs is 1. The first-order valence-electron chi connectivity index (χ1n) is 10.6. The van der Waals surface area contributed by atoms with E-state index in [1.807, 2.05) is 6.92 Å². The number of pyridine rings is 1. The Hall–Kier alpha value is -3.50. The van der Waals surface area contributed by atoms with Crippen molar-refractivity contribution in [3.05, 3.63) is 62.8 Å². The highest BCUT2D eigenvalue weighted by Gasteiger charge is 2.33. The number of hydrogen-bond acceptors (Lipinski definition) is 5. The van der Waals surface area contributed by atoms with Gasteiger partial charge in [0.25, 0.3) is 11.8 Å². The largest absolute Gasteiger partial charge is 0.502 e. The Labute approximate surface area is 188 Å². The minimum Gasteiger partial charge on any atom is -0.502 e. The highest BCUT2D eigenvalue weighted by Crippen LogP contribution is 2.22. The number of amides is 2. The molecule has 1 aromatic carbocycles. The van der Waals surface area contributed by atoms with E-state index >= 15 is 0 Å². The van der Waals surface area contributed by atoms with Crippen molar-refractivity contribution in [3.63, 3.8) is 0 Å². The molecule has 1 aliphatic rings. The van der Waals surface area contributed by atoms with Crippen molar-refractivity contribution in [1.82, 2.24) is 14.9 Å².